The highest BCUT2D eigenvalue weighted by molar-refractivity contribution is 6.16. The Balaban J connectivity index is 1.29. The van der Waals surface area contributed by atoms with Crippen molar-refractivity contribution in [3.8, 4) is 11.5 Å². The van der Waals surface area contributed by atoms with Crippen molar-refractivity contribution in [1.29, 1.82) is 0 Å². The fraction of sp³-hybridized carbons (Fsp3) is 0.273. The van der Waals surface area contributed by atoms with Gasteiger partial charge in [-0.25, -0.2) is 4.79 Å². The maximum absolute atomic E-state index is 13.4. The molecular formula is C33H36N4O4. The van der Waals surface area contributed by atoms with E-state index in [1.165, 1.54) is 5.56 Å². The van der Waals surface area contributed by atoms with E-state index in [-0.39, 0.29) is 17.6 Å². The third-order valence-electron chi connectivity index (χ3n) is 7.38. The Bertz CT molecular complexity index is 1630. The van der Waals surface area contributed by atoms with Gasteiger partial charge in [-0.15, -0.1) is 0 Å². The molecule has 0 atom stereocenters. The number of Topliss-reactive ketones (excluding diaryl/α,β-unsaturated/α-hetero) is 1. The number of amides is 2. The second kappa shape index (κ2) is 11.9. The number of carbonyl (C=O) groups is 2. The summed E-state index contributed by atoms with van der Waals surface area (Å²) in [6.07, 6.45) is 3.87. The van der Waals surface area contributed by atoms with Gasteiger partial charge in [0.2, 0.25) is 5.78 Å². The van der Waals surface area contributed by atoms with Crippen molar-refractivity contribution >= 4 is 40.2 Å². The van der Waals surface area contributed by atoms with E-state index in [1.54, 1.807) is 31.4 Å². The van der Waals surface area contributed by atoms with Crippen LogP contribution in [0.3, 0.4) is 0 Å². The fourth-order valence-electron chi connectivity index (χ4n) is 5.25. The first-order valence-electron chi connectivity index (χ1n) is 13.8. The molecule has 0 aliphatic carbocycles. The lowest BCUT2D eigenvalue weighted by atomic mass is 10.1. The molecule has 0 radical (unpaired) electrons. The molecule has 5 rings (SSSR count). The van der Waals surface area contributed by atoms with E-state index in [0.29, 0.717) is 22.7 Å². The number of methoxy groups -OCH3 is 1. The summed E-state index contributed by atoms with van der Waals surface area (Å²) in [6.45, 7) is 5.96. The number of aromatic nitrogens is 1. The standard InChI is InChI=1S/C33H36N4O4/c1-6-37-21(2)26(27-19-25(40-5)14-15-29(27)37)20-31-32(38)28-18-24(13-16-30(28)41-31)35-33(39)34-23-11-9-22(10-12-23)8-7-17-36(3)4/h9-16,18-20H,6-8,17H2,1-5H3,(H2,34,35,39). The van der Waals surface area contributed by atoms with Gasteiger partial charge >= 0.3 is 6.03 Å². The second-order valence-electron chi connectivity index (χ2n) is 10.5. The molecule has 212 valence electrons. The number of aryl methyl sites for hydroxylation is 2. The number of ether oxygens (including phenoxy) is 2. The Hall–Kier alpha value is -4.56. The number of hydrogen-bond donors (Lipinski definition) is 2. The zero-order valence-corrected chi connectivity index (χ0v) is 24.2. The molecule has 1 aliphatic heterocycles. The molecule has 0 fully saturated rings. The summed E-state index contributed by atoms with van der Waals surface area (Å²) in [5.41, 5.74) is 5.86. The molecule has 0 saturated heterocycles. The largest absolute Gasteiger partial charge is 0.497 e. The molecule has 8 nitrogen and oxygen atoms in total. The maximum Gasteiger partial charge on any atom is 0.323 e. The van der Waals surface area contributed by atoms with E-state index in [1.807, 2.05) is 49.4 Å². The topological polar surface area (TPSA) is 84.8 Å². The summed E-state index contributed by atoms with van der Waals surface area (Å²) in [5.74, 6) is 1.23. The van der Waals surface area contributed by atoms with Gasteiger partial charge in [0.25, 0.3) is 0 Å². The molecule has 41 heavy (non-hydrogen) atoms. The molecule has 2 N–H and O–H groups in total. The number of hydrogen-bond acceptors (Lipinski definition) is 5. The van der Waals surface area contributed by atoms with E-state index >= 15 is 0 Å². The molecule has 2 amide bonds. The van der Waals surface area contributed by atoms with E-state index in [2.05, 4.69) is 41.1 Å². The summed E-state index contributed by atoms with van der Waals surface area (Å²) < 4.78 is 13.6. The van der Waals surface area contributed by atoms with E-state index in [9.17, 15) is 9.59 Å². The van der Waals surface area contributed by atoms with E-state index < -0.39 is 0 Å². The molecule has 1 aliphatic rings. The molecule has 4 aromatic rings. The monoisotopic (exact) mass is 552 g/mol. The molecule has 0 bridgehead atoms. The zero-order chi connectivity index (χ0) is 29.1. The number of urea groups is 1. The number of anilines is 2. The van der Waals surface area contributed by atoms with Gasteiger partial charge in [-0.1, -0.05) is 12.1 Å². The van der Waals surface area contributed by atoms with Gasteiger partial charge in [0, 0.05) is 40.1 Å². The molecular weight excluding hydrogens is 516 g/mol. The van der Waals surface area contributed by atoms with Crippen molar-refractivity contribution in [3.63, 3.8) is 0 Å². The van der Waals surface area contributed by atoms with Crippen LogP contribution in [0.25, 0.3) is 17.0 Å². The van der Waals surface area contributed by atoms with Gasteiger partial charge in [0.15, 0.2) is 5.76 Å². The highest BCUT2D eigenvalue weighted by Crippen LogP contribution is 2.36. The van der Waals surface area contributed by atoms with Crippen LogP contribution in [-0.2, 0) is 13.0 Å². The molecule has 3 aromatic carbocycles. The van der Waals surface area contributed by atoms with Crippen molar-refractivity contribution in [1.82, 2.24) is 9.47 Å². The quantitative estimate of drug-likeness (QED) is 0.225. The van der Waals surface area contributed by atoms with Gasteiger partial charge in [-0.2, -0.15) is 0 Å². The van der Waals surface area contributed by atoms with Crippen LogP contribution in [0.5, 0.6) is 11.5 Å². The highest BCUT2D eigenvalue weighted by Gasteiger charge is 2.29. The van der Waals surface area contributed by atoms with Gasteiger partial charge in [0.1, 0.15) is 11.5 Å². The minimum atomic E-state index is -0.385. The molecule has 0 spiro atoms. The van der Waals surface area contributed by atoms with Gasteiger partial charge < -0.3 is 29.6 Å². The number of ketones is 1. The van der Waals surface area contributed by atoms with Crippen LogP contribution in [0.1, 0.15) is 40.5 Å². The summed E-state index contributed by atoms with van der Waals surface area (Å²) in [4.78, 5) is 28.2. The number of nitrogens with one attached hydrogen (secondary N) is 2. The van der Waals surface area contributed by atoms with Gasteiger partial charge in [-0.05, 0) is 107 Å². The Morgan fingerprint density at radius 2 is 1.76 bits per heavy atom. The highest BCUT2D eigenvalue weighted by atomic mass is 16.5. The second-order valence-corrected chi connectivity index (χ2v) is 10.5. The summed E-state index contributed by atoms with van der Waals surface area (Å²) in [6, 6.07) is 18.5. The van der Waals surface area contributed by atoms with E-state index in [4.69, 9.17) is 9.47 Å². The number of fused-ring (bicyclic) bond motifs is 2. The lowest BCUT2D eigenvalue weighted by molar-refractivity contribution is 0.101. The van der Waals surface area contributed by atoms with Crippen molar-refractivity contribution in [3.05, 3.63) is 88.8 Å². The Kier molecular flexibility index (Phi) is 8.12. The van der Waals surface area contributed by atoms with Crippen LogP contribution in [-0.4, -0.2) is 49.0 Å². The van der Waals surface area contributed by atoms with E-state index in [0.717, 1.165) is 53.8 Å². The minimum absolute atomic E-state index is 0.228. The Morgan fingerprint density at radius 3 is 2.46 bits per heavy atom. The van der Waals surface area contributed by atoms with Crippen LogP contribution >= 0.6 is 0 Å². The van der Waals surface area contributed by atoms with Crippen LogP contribution in [0, 0.1) is 6.92 Å². The fourth-order valence-corrected chi connectivity index (χ4v) is 5.25. The van der Waals surface area contributed by atoms with Gasteiger partial charge in [0.05, 0.1) is 12.7 Å². The molecule has 1 aromatic heterocycles. The molecule has 0 unspecified atom stereocenters. The predicted molar refractivity (Wildman–Crippen MR) is 164 cm³/mol. The number of allylic oxidation sites excluding steroid dienone is 1. The van der Waals surface area contributed by atoms with Crippen LogP contribution < -0.4 is 20.1 Å². The summed E-state index contributed by atoms with van der Waals surface area (Å²) >= 11 is 0. The number of rotatable bonds is 9. The first-order chi connectivity index (χ1) is 19.8. The first-order valence-corrected chi connectivity index (χ1v) is 13.8. The number of nitrogens with zero attached hydrogens (tertiary/aromatic N) is 2. The average molecular weight is 553 g/mol. The third-order valence-corrected chi connectivity index (χ3v) is 7.38. The molecule has 8 heteroatoms. The smallest absolute Gasteiger partial charge is 0.323 e. The lowest BCUT2D eigenvalue weighted by Gasteiger charge is -2.10. The number of benzene rings is 3. The van der Waals surface area contributed by atoms with Crippen LogP contribution in [0.4, 0.5) is 16.2 Å². The van der Waals surface area contributed by atoms with Crippen molar-refractivity contribution < 1.29 is 19.1 Å². The van der Waals surface area contributed by atoms with Crippen LogP contribution in [0.15, 0.2) is 66.4 Å². The normalized spacial score (nSPS) is 13.5. The Morgan fingerprint density at radius 1 is 1.02 bits per heavy atom. The van der Waals surface area contributed by atoms with Crippen LogP contribution in [0.2, 0.25) is 0 Å². The predicted octanol–water partition coefficient (Wildman–Crippen LogP) is 6.73. The molecule has 0 saturated carbocycles. The number of carbonyl (C=O) groups excluding carboxylic acids is 2. The first kappa shape index (κ1) is 28.0. The van der Waals surface area contributed by atoms with Gasteiger partial charge in [-0.3, -0.25) is 4.79 Å². The Labute approximate surface area is 240 Å². The summed E-state index contributed by atoms with van der Waals surface area (Å²) in [7, 11) is 5.77. The SMILES string of the molecule is CCn1c(C)c(C=C2Oc3ccc(NC(=O)Nc4ccc(CCCN(C)C)cc4)cc3C2=O)c2cc(OC)ccc21. The third kappa shape index (κ3) is 5.98. The molecule has 2 heterocycles. The van der Waals surface area contributed by atoms with Crippen molar-refractivity contribution in [2.45, 2.75) is 33.2 Å². The minimum Gasteiger partial charge on any atom is -0.497 e. The zero-order valence-electron chi connectivity index (χ0n) is 24.2. The maximum atomic E-state index is 13.4. The lowest BCUT2D eigenvalue weighted by Crippen LogP contribution is -2.19. The average Bonchev–Trinajstić information content (AvgIpc) is 3.41. The summed E-state index contributed by atoms with van der Waals surface area (Å²) in [5, 5.41) is 6.67. The van der Waals surface area contributed by atoms with Crippen molar-refractivity contribution in [2.24, 2.45) is 0 Å². The van der Waals surface area contributed by atoms with Crippen molar-refractivity contribution in [2.75, 3.05) is 38.4 Å².